The van der Waals surface area contributed by atoms with E-state index >= 15 is 0 Å². The van der Waals surface area contributed by atoms with E-state index in [0.717, 1.165) is 30.5 Å². The molecule has 1 fully saturated rings. The lowest BCUT2D eigenvalue weighted by Crippen LogP contribution is -2.37. The third-order valence-electron chi connectivity index (χ3n) is 3.83. The summed E-state index contributed by atoms with van der Waals surface area (Å²) in [6, 6.07) is 8.10. The van der Waals surface area contributed by atoms with E-state index in [2.05, 4.69) is 42.1 Å². The van der Waals surface area contributed by atoms with Gasteiger partial charge in [-0.2, -0.15) is 0 Å². The summed E-state index contributed by atoms with van der Waals surface area (Å²) in [5.41, 5.74) is 7.29. The number of aromatic nitrogens is 1. The van der Waals surface area contributed by atoms with Crippen LogP contribution in [0, 0.1) is 5.92 Å². The molecule has 0 atom stereocenters. The molecule has 0 spiro atoms. The first-order valence-corrected chi connectivity index (χ1v) is 7.17. The fourth-order valence-corrected chi connectivity index (χ4v) is 2.45. The predicted molar refractivity (Wildman–Crippen MR) is 81.6 cm³/mol. The molecule has 1 aromatic carbocycles. The summed E-state index contributed by atoms with van der Waals surface area (Å²) in [7, 11) is 0. The second kappa shape index (κ2) is 4.63. The number of carbonyl (C=O) groups is 1. The van der Waals surface area contributed by atoms with E-state index in [0.29, 0.717) is 5.92 Å². The van der Waals surface area contributed by atoms with Crippen LogP contribution in [-0.2, 0) is 11.3 Å². The largest absolute Gasteiger partial charge is 0.347 e. The van der Waals surface area contributed by atoms with Crippen LogP contribution < -0.4 is 11.1 Å². The van der Waals surface area contributed by atoms with Crippen LogP contribution in [0.2, 0.25) is 0 Å². The Bertz CT molecular complexity index is 653. The molecule has 2 aromatic rings. The summed E-state index contributed by atoms with van der Waals surface area (Å²) in [6.45, 7) is 5.41. The Labute approximate surface area is 118 Å². The van der Waals surface area contributed by atoms with Crippen molar-refractivity contribution < 1.29 is 4.79 Å². The maximum Gasteiger partial charge on any atom is 0.244 e. The lowest BCUT2D eigenvalue weighted by atomic mass is 10.2. The van der Waals surface area contributed by atoms with Crippen molar-refractivity contribution >= 4 is 22.5 Å². The summed E-state index contributed by atoms with van der Waals surface area (Å²) in [6.07, 6.45) is 3.67. The van der Waals surface area contributed by atoms with Crippen LogP contribution in [0.5, 0.6) is 0 Å². The second-order valence-electron chi connectivity index (χ2n) is 6.25. The Morgan fingerprint density at radius 2 is 2.15 bits per heavy atom. The topological polar surface area (TPSA) is 60.0 Å². The van der Waals surface area contributed by atoms with Crippen LogP contribution in [0.25, 0.3) is 10.9 Å². The highest BCUT2D eigenvalue weighted by molar-refractivity contribution is 6.01. The standard InChI is InChI=1S/C16H21N3O/c1-11(2)10-19-8-5-12-9-13(3-4-14(12)19)18-15(20)16(17)6-7-16/h3-5,8-9,11H,6-7,10,17H2,1-2H3,(H,18,20). The number of hydrogen-bond acceptors (Lipinski definition) is 2. The van der Waals surface area contributed by atoms with Gasteiger partial charge in [0, 0.05) is 29.3 Å². The minimum Gasteiger partial charge on any atom is -0.347 e. The normalized spacial score (nSPS) is 16.6. The van der Waals surface area contributed by atoms with Gasteiger partial charge in [-0.25, -0.2) is 0 Å². The molecule has 1 aliphatic carbocycles. The maximum absolute atomic E-state index is 11.9. The molecule has 0 saturated heterocycles. The molecule has 106 valence electrons. The van der Waals surface area contributed by atoms with Gasteiger partial charge in [0.2, 0.25) is 5.91 Å². The lowest BCUT2D eigenvalue weighted by molar-refractivity contribution is -0.118. The van der Waals surface area contributed by atoms with E-state index in [4.69, 9.17) is 5.73 Å². The molecule has 3 rings (SSSR count). The van der Waals surface area contributed by atoms with Gasteiger partial charge >= 0.3 is 0 Å². The van der Waals surface area contributed by atoms with Crippen molar-refractivity contribution in [3.8, 4) is 0 Å². The van der Waals surface area contributed by atoms with Crippen LogP contribution in [0.4, 0.5) is 5.69 Å². The molecular formula is C16H21N3O. The highest BCUT2D eigenvalue weighted by Crippen LogP contribution is 2.33. The van der Waals surface area contributed by atoms with Crippen LogP contribution >= 0.6 is 0 Å². The predicted octanol–water partition coefficient (Wildman–Crippen LogP) is 2.73. The fourth-order valence-electron chi connectivity index (χ4n) is 2.45. The Hall–Kier alpha value is -1.81. The Morgan fingerprint density at radius 3 is 2.80 bits per heavy atom. The van der Waals surface area contributed by atoms with Crippen LogP contribution in [-0.4, -0.2) is 16.0 Å². The van der Waals surface area contributed by atoms with Crippen LogP contribution in [0.1, 0.15) is 26.7 Å². The van der Waals surface area contributed by atoms with Crippen molar-refractivity contribution in [2.75, 3.05) is 5.32 Å². The number of anilines is 1. The summed E-state index contributed by atoms with van der Waals surface area (Å²) < 4.78 is 2.25. The summed E-state index contributed by atoms with van der Waals surface area (Å²) in [4.78, 5) is 11.9. The van der Waals surface area contributed by atoms with Crippen molar-refractivity contribution in [2.45, 2.75) is 38.8 Å². The second-order valence-corrected chi connectivity index (χ2v) is 6.25. The minimum atomic E-state index is -0.626. The zero-order chi connectivity index (χ0) is 14.3. The summed E-state index contributed by atoms with van der Waals surface area (Å²) >= 11 is 0. The maximum atomic E-state index is 11.9. The first-order chi connectivity index (χ1) is 9.48. The third-order valence-corrected chi connectivity index (χ3v) is 3.83. The number of nitrogens with zero attached hydrogens (tertiary/aromatic N) is 1. The molecule has 1 amide bonds. The Kier molecular flexibility index (Phi) is 3.05. The first-order valence-electron chi connectivity index (χ1n) is 7.17. The van der Waals surface area contributed by atoms with Crippen molar-refractivity contribution in [1.29, 1.82) is 0 Å². The number of nitrogens with one attached hydrogen (secondary N) is 1. The molecule has 4 heteroatoms. The average Bonchev–Trinajstić information content (AvgIpc) is 3.03. The first kappa shape index (κ1) is 13.2. The van der Waals surface area contributed by atoms with Crippen molar-refractivity contribution in [3.63, 3.8) is 0 Å². The van der Waals surface area contributed by atoms with Gasteiger partial charge in [-0.3, -0.25) is 4.79 Å². The van der Waals surface area contributed by atoms with Gasteiger partial charge in [0.15, 0.2) is 0 Å². The quantitative estimate of drug-likeness (QED) is 0.898. The van der Waals surface area contributed by atoms with Gasteiger partial charge in [0.1, 0.15) is 0 Å². The van der Waals surface area contributed by atoms with E-state index in [-0.39, 0.29) is 5.91 Å². The van der Waals surface area contributed by atoms with Crippen molar-refractivity contribution in [3.05, 3.63) is 30.5 Å². The van der Waals surface area contributed by atoms with Crippen LogP contribution in [0.3, 0.4) is 0 Å². The average molecular weight is 271 g/mol. The molecule has 0 aliphatic heterocycles. The van der Waals surface area contributed by atoms with Gasteiger partial charge in [-0.05, 0) is 43.0 Å². The highest BCUT2D eigenvalue weighted by atomic mass is 16.2. The molecule has 3 N–H and O–H groups in total. The molecule has 4 nitrogen and oxygen atoms in total. The SMILES string of the molecule is CC(C)Cn1ccc2cc(NC(=O)C3(N)CC3)ccc21. The fraction of sp³-hybridized carbons (Fsp3) is 0.438. The van der Waals surface area contributed by atoms with Crippen LogP contribution in [0.15, 0.2) is 30.5 Å². The van der Waals surface area contributed by atoms with Gasteiger partial charge in [-0.1, -0.05) is 13.8 Å². The number of nitrogens with two attached hydrogens (primary N) is 1. The van der Waals surface area contributed by atoms with E-state index in [9.17, 15) is 4.79 Å². The molecule has 1 saturated carbocycles. The summed E-state index contributed by atoms with van der Waals surface area (Å²) in [5.74, 6) is 0.537. The zero-order valence-electron chi connectivity index (χ0n) is 12.0. The van der Waals surface area contributed by atoms with E-state index in [1.165, 1.54) is 5.52 Å². The number of hydrogen-bond donors (Lipinski definition) is 2. The Morgan fingerprint density at radius 1 is 1.40 bits per heavy atom. The number of carbonyl (C=O) groups excluding carboxylic acids is 1. The molecule has 1 aromatic heterocycles. The van der Waals surface area contributed by atoms with Gasteiger partial charge in [0.05, 0.1) is 5.54 Å². The molecule has 20 heavy (non-hydrogen) atoms. The molecule has 0 bridgehead atoms. The number of amides is 1. The smallest absolute Gasteiger partial charge is 0.244 e. The van der Waals surface area contributed by atoms with Gasteiger partial charge < -0.3 is 15.6 Å². The van der Waals surface area contributed by atoms with Crippen molar-refractivity contribution in [1.82, 2.24) is 4.57 Å². The molecule has 1 aliphatic rings. The highest BCUT2D eigenvalue weighted by Gasteiger charge is 2.45. The zero-order valence-corrected chi connectivity index (χ0v) is 12.0. The summed E-state index contributed by atoms with van der Waals surface area (Å²) in [5, 5.41) is 4.06. The molecule has 1 heterocycles. The number of rotatable bonds is 4. The molecular weight excluding hydrogens is 250 g/mol. The van der Waals surface area contributed by atoms with Gasteiger partial charge in [-0.15, -0.1) is 0 Å². The number of fused-ring (bicyclic) bond motifs is 1. The van der Waals surface area contributed by atoms with Crippen molar-refractivity contribution in [2.24, 2.45) is 11.7 Å². The van der Waals surface area contributed by atoms with E-state index < -0.39 is 5.54 Å². The molecule has 0 unspecified atom stereocenters. The monoisotopic (exact) mass is 271 g/mol. The molecule has 0 radical (unpaired) electrons. The van der Waals surface area contributed by atoms with E-state index in [1.807, 2.05) is 12.1 Å². The Balaban J connectivity index is 1.82. The van der Waals surface area contributed by atoms with Gasteiger partial charge in [0.25, 0.3) is 0 Å². The van der Waals surface area contributed by atoms with E-state index in [1.54, 1.807) is 0 Å². The third kappa shape index (κ3) is 2.43. The lowest BCUT2D eigenvalue weighted by Gasteiger charge is -2.11. The number of benzene rings is 1. The minimum absolute atomic E-state index is 0.0709.